The number of halogens is 1. The third-order valence-electron chi connectivity index (χ3n) is 2.71. The summed E-state index contributed by atoms with van der Waals surface area (Å²) in [5, 5.41) is 2.56. The molecule has 0 aliphatic heterocycles. The average molecular weight is 253 g/mol. The molecule has 0 atom stereocenters. The van der Waals surface area contributed by atoms with Crippen LogP contribution in [-0.4, -0.2) is 32.6 Å². The molecule has 4 nitrogen and oxygen atoms in total. The lowest BCUT2D eigenvalue weighted by Gasteiger charge is -2.24. The van der Waals surface area contributed by atoms with Gasteiger partial charge in [-0.15, -0.1) is 0 Å². The van der Waals surface area contributed by atoms with E-state index in [2.05, 4.69) is 5.32 Å². The summed E-state index contributed by atoms with van der Waals surface area (Å²) in [6.07, 6.45) is 1.11. The van der Waals surface area contributed by atoms with Gasteiger partial charge in [0.15, 0.2) is 0 Å². The van der Waals surface area contributed by atoms with E-state index < -0.39 is 0 Å². The topological polar surface area (TPSA) is 58.4 Å². The number of nitrogens with two attached hydrogens (primary N) is 1. The van der Waals surface area contributed by atoms with Gasteiger partial charge in [0.05, 0.1) is 5.69 Å². The molecule has 0 bridgehead atoms. The summed E-state index contributed by atoms with van der Waals surface area (Å²) in [7, 11) is 1.59. The maximum atomic E-state index is 13.7. The largest absolute Gasteiger partial charge is 0.369 e. The molecule has 1 aromatic carbocycles. The van der Waals surface area contributed by atoms with Crippen molar-refractivity contribution in [2.24, 2.45) is 5.73 Å². The molecule has 1 aromatic rings. The van der Waals surface area contributed by atoms with E-state index in [-0.39, 0.29) is 11.7 Å². The van der Waals surface area contributed by atoms with E-state index in [1.165, 1.54) is 6.07 Å². The first kappa shape index (κ1) is 14.4. The first-order valence-electron chi connectivity index (χ1n) is 6.09. The Hall–Kier alpha value is -1.62. The number of hydrogen-bond donors (Lipinski definition) is 2. The molecule has 0 saturated carbocycles. The van der Waals surface area contributed by atoms with Gasteiger partial charge in [-0.1, -0.05) is 12.1 Å². The standard InChI is InChI=1S/C13H20FN3O/c1-16-13(18)7-10-17(9-4-8-15)12-6-3-2-5-11(12)14/h2-3,5-6H,4,7-10,15H2,1H3,(H,16,18). The molecule has 1 amide bonds. The molecule has 3 N–H and O–H groups in total. The fourth-order valence-corrected chi connectivity index (χ4v) is 1.70. The van der Waals surface area contributed by atoms with Crippen LogP contribution in [0.15, 0.2) is 24.3 Å². The van der Waals surface area contributed by atoms with Crippen molar-refractivity contribution in [3.8, 4) is 0 Å². The minimum Gasteiger partial charge on any atom is -0.369 e. The van der Waals surface area contributed by atoms with E-state index in [1.807, 2.05) is 4.90 Å². The van der Waals surface area contributed by atoms with E-state index in [4.69, 9.17) is 5.73 Å². The van der Waals surface area contributed by atoms with Crippen LogP contribution in [0.3, 0.4) is 0 Å². The Labute approximate surface area is 107 Å². The minimum absolute atomic E-state index is 0.0518. The van der Waals surface area contributed by atoms with Gasteiger partial charge < -0.3 is 16.0 Å². The highest BCUT2D eigenvalue weighted by Crippen LogP contribution is 2.19. The lowest BCUT2D eigenvalue weighted by atomic mass is 10.2. The van der Waals surface area contributed by atoms with Crippen molar-refractivity contribution in [2.75, 3.05) is 31.6 Å². The lowest BCUT2D eigenvalue weighted by molar-refractivity contribution is -0.120. The molecule has 0 fully saturated rings. The molecule has 0 heterocycles. The minimum atomic E-state index is -0.272. The van der Waals surface area contributed by atoms with Crippen molar-refractivity contribution in [3.05, 3.63) is 30.1 Å². The second-order valence-electron chi connectivity index (χ2n) is 4.00. The number of nitrogens with one attached hydrogen (secondary N) is 1. The number of hydrogen-bond acceptors (Lipinski definition) is 3. The number of rotatable bonds is 7. The highest BCUT2D eigenvalue weighted by molar-refractivity contribution is 5.76. The van der Waals surface area contributed by atoms with Crippen LogP contribution in [0.2, 0.25) is 0 Å². The molecular formula is C13H20FN3O. The Balaban J connectivity index is 2.71. The fourth-order valence-electron chi connectivity index (χ4n) is 1.70. The fraction of sp³-hybridized carbons (Fsp3) is 0.462. The zero-order chi connectivity index (χ0) is 13.4. The van der Waals surface area contributed by atoms with Crippen molar-refractivity contribution in [1.82, 2.24) is 5.32 Å². The van der Waals surface area contributed by atoms with Crippen LogP contribution >= 0.6 is 0 Å². The van der Waals surface area contributed by atoms with Crippen LogP contribution in [0, 0.1) is 5.82 Å². The third-order valence-corrected chi connectivity index (χ3v) is 2.71. The van der Waals surface area contributed by atoms with E-state index in [0.29, 0.717) is 31.7 Å². The van der Waals surface area contributed by atoms with Gasteiger partial charge in [0, 0.05) is 26.6 Å². The maximum Gasteiger partial charge on any atom is 0.221 e. The normalized spacial score (nSPS) is 10.2. The van der Waals surface area contributed by atoms with Gasteiger partial charge in [-0.2, -0.15) is 0 Å². The SMILES string of the molecule is CNC(=O)CCN(CCCN)c1ccccc1F. The van der Waals surface area contributed by atoms with Gasteiger partial charge >= 0.3 is 0 Å². The van der Waals surface area contributed by atoms with Crippen LogP contribution in [0.5, 0.6) is 0 Å². The van der Waals surface area contributed by atoms with E-state index in [0.717, 1.165) is 6.42 Å². The zero-order valence-corrected chi connectivity index (χ0v) is 10.7. The van der Waals surface area contributed by atoms with E-state index in [9.17, 15) is 9.18 Å². The Morgan fingerprint density at radius 2 is 2.11 bits per heavy atom. The van der Waals surface area contributed by atoms with Crippen molar-refractivity contribution < 1.29 is 9.18 Å². The predicted octanol–water partition coefficient (Wildman–Crippen LogP) is 1.12. The van der Waals surface area contributed by atoms with Crippen LogP contribution in [0.4, 0.5) is 10.1 Å². The monoisotopic (exact) mass is 253 g/mol. The Morgan fingerprint density at radius 3 is 2.72 bits per heavy atom. The van der Waals surface area contributed by atoms with Gasteiger partial charge in [0.1, 0.15) is 5.82 Å². The van der Waals surface area contributed by atoms with Crippen LogP contribution < -0.4 is 16.0 Å². The number of carbonyl (C=O) groups is 1. The number of amides is 1. The molecule has 0 aliphatic carbocycles. The molecule has 100 valence electrons. The Bertz CT molecular complexity index is 384. The number of anilines is 1. The van der Waals surface area contributed by atoms with Gasteiger partial charge in [-0.05, 0) is 25.1 Å². The van der Waals surface area contributed by atoms with E-state index >= 15 is 0 Å². The van der Waals surface area contributed by atoms with Crippen molar-refractivity contribution >= 4 is 11.6 Å². The predicted molar refractivity (Wildman–Crippen MR) is 71.0 cm³/mol. The highest BCUT2D eigenvalue weighted by Gasteiger charge is 2.11. The van der Waals surface area contributed by atoms with Gasteiger partial charge in [-0.25, -0.2) is 4.39 Å². The van der Waals surface area contributed by atoms with Gasteiger partial charge in [0.2, 0.25) is 5.91 Å². The molecule has 18 heavy (non-hydrogen) atoms. The first-order valence-corrected chi connectivity index (χ1v) is 6.09. The van der Waals surface area contributed by atoms with Crippen molar-refractivity contribution in [2.45, 2.75) is 12.8 Å². The summed E-state index contributed by atoms with van der Waals surface area (Å²) in [6.45, 7) is 1.68. The molecule has 0 aliphatic rings. The molecule has 0 saturated heterocycles. The summed E-state index contributed by atoms with van der Waals surface area (Å²) in [5.41, 5.74) is 6.00. The second kappa shape index (κ2) is 7.66. The maximum absolute atomic E-state index is 13.7. The molecule has 0 spiro atoms. The summed E-state index contributed by atoms with van der Waals surface area (Å²) < 4.78 is 13.7. The van der Waals surface area contributed by atoms with Crippen LogP contribution in [0.1, 0.15) is 12.8 Å². The van der Waals surface area contributed by atoms with E-state index in [1.54, 1.807) is 25.2 Å². The highest BCUT2D eigenvalue weighted by atomic mass is 19.1. The molecule has 0 aromatic heterocycles. The number of carbonyl (C=O) groups excluding carboxylic acids is 1. The molecule has 5 heteroatoms. The van der Waals surface area contributed by atoms with Gasteiger partial charge in [0.25, 0.3) is 0 Å². The Morgan fingerprint density at radius 1 is 1.39 bits per heavy atom. The lowest BCUT2D eigenvalue weighted by Crippen LogP contribution is -2.31. The summed E-state index contributed by atoms with van der Waals surface area (Å²) in [5.74, 6) is -0.324. The summed E-state index contributed by atoms with van der Waals surface area (Å²) in [6, 6.07) is 6.58. The summed E-state index contributed by atoms with van der Waals surface area (Å²) in [4.78, 5) is 13.1. The third kappa shape index (κ3) is 4.33. The second-order valence-corrected chi connectivity index (χ2v) is 4.00. The van der Waals surface area contributed by atoms with Crippen LogP contribution in [-0.2, 0) is 4.79 Å². The first-order chi connectivity index (χ1) is 8.69. The van der Waals surface area contributed by atoms with Crippen LogP contribution in [0.25, 0.3) is 0 Å². The smallest absolute Gasteiger partial charge is 0.221 e. The Kier molecular flexibility index (Phi) is 6.14. The molecule has 0 unspecified atom stereocenters. The molecule has 0 radical (unpaired) electrons. The number of nitrogens with zero attached hydrogens (tertiary/aromatic N) is 1. The quantitative estimate of drug-likeness (QED) is 0.765. The number of para-hydroxylation sites is 1. The summed E-state index contributed by atoms with van der Waals surface area (Å²) >= 11 is 0. The molecular weight excluding hydrogens is 233 g/mol. The average Bonchev–Trinajstić information content (AvgIpc) is 2.39. The number of benzene rings is 1. The zero-order valence-electron chi connectivity index (χ0n) is 10.7. The van der Waals surface area contributed by atoms with Gasteiger partial charge in [-0.3, -0.25) is 4.79 Å². The van der Waals surface area contributed by atoms with Crippen molar-refractivity contribution in [1.29, 1.82) is 0 Å². The van der Waals surface area contributed by atoms with Crippen molar-refractivity contribution in [3.63, 3.8) is 0 Å². The molecule has 1 rings (SSSR count).